The summed E-state index contributed by atoms with van der Waals surface area (Å²) >= 11 is 0. The van der Waals surface area contributed by atoms with E-state index < -0.39 is 37.8 Å². The van der Waals surface area contributed by atoms with Gasteiger partial charge in [0.2, 0.25) is 10.0 Å². The largest absolute Gasteiger partial charge is 0.379 e. The number of rotatable bonds is 6. The van der Waals surface area contributed by atoms with Gasteiger partial charge in [-0.05, 0) is 18.2 Å². The van der Waals surface area contributed by atoms with Gasteiger partial charge < -0.3 is 4.74 Å². The lowest BCUT2D eigenvalue weighted by Gasteiger charge is -2.26. The van der Waals surface area contributed by atoms with Crippen LogP contribution >= 0.6 is 0 Å². The Morgan fingerprint density at radius 3 is 2.45 bits per heavy atom. The van der Waals surface area contributed by atoms with E-state index in [4.69, 9.17) is 4.74 Å². The molecule has 0 atom stereocenters. The minimum absolute atomic E-state index is 0.0740. The van der Waals surface area contributed by atoms with E-state index in [0.29, 0.717) is 0 Å². The molecule has 0 amide bonds. The fraction of sp³-hybridized carbons (Fsp3) is 0.235. The summed E-state index contributed by atoms with van der Waals surface area (Å²) in [6.07, 6.45) is 0.858. The van der Waals surface area contributed by atoms with Crippen LogP contribution in [0.3, 0.4) is 0 Å². The Hall–Kier alpha value is -2.96. The van der Waals surface area contributed by atoms with Gasteiger partial charge in [-0.3, -0.25) is 15.5 Å². The van der Waals surface area contributed by atoms with Gasteiger partial charge in [0.15, 0.2) is 0 Å². The normalized spacial score (nSPS) is 15.5. The number of hydrogen-bond acceptors (Lipinski definition) is 7. The zero-order chi connectivity index (χ0) is 21.0. The van der Waals surface area contributed by atoms with Crippen molar-refractivity contribution in [2.45, 2.75) is 4.90 Å². The summed E-state index contributed by atoms with van der Waals surface area (Å²) in [5.74, 6) is -1.69. The van der Waals surface area contributed by atoms with Crippen molar-refractivity contribution in [1.82, 2.24) is 4.31 Å². The van der Waals surface area contributed by atoms with Crippen LogP contribution < -0.4 is 5.43 Å². The van der Waals surface area contributed by atoms with Crippen LogP contribution in [0.5, 0.6) is 0 Å². The molecule has 0 unspecified atom stereocenters. The number of ether oxygens (including phenoxy) is 1. The second kappa shape index (κ2) is 8.59. The second-order valence-electron chi connectivity index (χ2n) is 5.96. The van der Waals surface area contributed by atoms with Gasteiger partial charge in [-0.25, -0.2) is 17.2 Å². The van der Waals surface area contributed by atoms with E-state index in [2.05, 4.69) is 10.5 Å². The number of hydrazone groups is 1. The molecule has 0 saturated carbocycles. The molecule has 0 aliphatic carbocycles. The third-order valence-corrected chi connectivity index (χ3v) is 6.08. The van der Waals surface area contributed by atoms with Crippen LogP contribution in [0.15, 0.2) is 46.4 Å². The molecule has 2 aromatic carbocycles. The quantitative estimate of drug-likeness (QED) is 0.431. The van der Waals surface area contributed by atoms with Crippen LogP contribution in [0.2, 0.25) is 0 Å². The first kappa shape index (κ1) is 20.8. The molecule has 12 heteroatoms. The monoisotopic (exact) mass is 426 g/mol. The molecule has 2 aromatic rings. The lowest BCUT2D eigenvalue weighted by Crippen LogP contribution is -2.40. The van der Waals surface area contributed by atoms with Crippen LogP contribution in [-0.2, 0) is 14.8 Å². The third kappa shape index (κ3) is 4.55. The molecule has 29 heavy (non-hydrogen) atoms. The van der Waals surface area contributed by atoms with Gasteiger partial charge in [-0.2, -0.15) is 9.41 Å². The van der Waals surface area contributed by atoms with E-state index in [-0.39, 0.29) is 36.9 Å². The highest BCUT2D eigenvalue weighted by atomic mass is 32.2. The molecule has 1 N–H and O–H groups in total. The van der Waals surface area contributed by atoms with Crippen molar-refractivity contribution in [1.29, 1.82) is 0 Å². The van der Waals surface area contributed by atoms with Crippen LogP contribution in [0.1, 0.15) is 5.56 Å². The molecule has 0 bridgehead atoms. The van der Waals surface area contributed by atoms with Gasteiger partial charge in [0, 0.05) is 25.2 Å². The first-order valence-electron chi connectivity index (χ1n) is 8.40. The standard InChI is InChI=1S/C17H16F2N4O5S/c18-14-2-1-3-15(19)13(14)11-20-21-16-5-4-12(23(24)25)10-17(16)29(26,27)22-6-8-28-9-7-22/h1-5,10-11,21H,6-9H2/b20-11-. The average Bonchev–Trinajstić information content (AvgIpc) is 2.70. The maximum atomic E-state index is 13.7. The van der Waals surface area contributed by atoms with Crippen LogP contribution in [0.4, 0.5) is 20.2 Å². The van der Waals surface area contributed by atoms with Crippen molar-refractivity contribution in [2.75, 3.05) is 31.7 Å². The summed E-state index contributed by atoms with van der Waals surface area (Å²) < 4.78 is 59.6. The molecule has 1 heterocycles. The number of nitro groups is 1. The molecule has 0 aromatic heterocycles. The van der Waals surface area contributed by atoms with Gasteiger partial charge in [-0.15, -0.1) is 0 Å². The number of nitrogens with zero attached hydrogens (tertiary/aromatic N) is 3. The Kier molecular flexibility index (Phi) is 6.15. The molecule has 1 aliphatic heterocycles. The van der Waals surface area contributed by atoms with E-state index >= 15 is 0 Å². The predicted octanol–water partition coefficient (Wildman–Crippen LogP) is 2.34. The fourth-order valence-corrected chi connectivity index (χ4v) is 4.23. The number of benzene rings is 2. The summed E-state index contributed by atoms with van der Waals surface area (Å²) in [7, 11) is -4.10. The van der Waals surface area contributed by atoms with E-state index in [9.17, 15) is 27.3 Å². The predicted molar refractivity (Wildman–Crippen MR) is 100 cm³/mol. The number of nitro benzene ring substituents is 1. The second-order valence-corrected chi connectivity index (χ2v) is 7.87. The molecule has 1 saturated heterocycles. The van der Waals surface area contributed by atoms with Crippen LogP contribution in [0.25, 0.3) is 0 Å². The highest BCUT2D eigenvalue weighted by Gasteiger charge is 2.30. The Morgan fingerprint density at radius 1 is 1.17 bits per heavy atom. The molecule has 9 nitrogen and oxygen atoms in total. The zero-order valence-electron chi connectivity index (χ0n) is 14.9. The Balaban J connectivity index is 1.96. The Bertz CT molecular complexity index is 1040. The smallest absolute Gasteiger partial charge is 0.270 e. The Morgan fingerprint density at radius 2 is 1.83 bits per heavy atom. The van der Waals surface area contributed by atoms with Crippen molar-refractivity contribution in [3.63, 3.8) is 0 Å². The van der Waals surface area contributed by atoms with Gasteiger partial charge in [0.05, 0.1) is 35.6 Å². The lowest BCUT2D eigenvalue weighted by molar-refractivity contribution is -0.385. The van der Waals surface area contributed by atoms with Gasteiger partial charge in [-0.1, -0.05) is 6.07 Å². The van der Waals surface area contributed by atoms with Crippen molar-refractivity contribution in [2.24, 2.45) is 5.10 Å². The molecule has 3 rings (SSSR count). The van der Waals surface area contributed by atoms with Gasteiger partial charge in [0.1, 0.15) is 16.5 Å². The van der Waals surface area contributed by atoms with E-state index in [1.807, 2.05) is 0 Å². The van der Waals surface area contributed by atoms with E-state index in [0.717, 1.165) is 34.8 Å². The first-order valence-corrected chi connectivity index (χ1v) is 9.84. The molecule has 1 fully saturated rings. The summed E-state index contributed by atoms with van der Waals surface area (Å²) in [6.45, 7) is 0.575. The average molecular weight is 426 g/mol. The molecule has 0 radical (unpaired) electrons. The number of nitrogens with one attached hydrogen (secondary N) is 1. The van der Waals surface area contributed by atoms with Crippen molar-refractivity contribution >= 4 is 27.6 Å². The van der Waals surface area contributed by atoms with Crippen molar-refractivity contribution < 1.29 is 26.9 Å². The highest BCUT2D eigenvalue weighted by Crippen LogP contribution is 2.29. The SMILES string of the molecule is O=[N+]([O-])c1ccc(N/N=C\c2c(F)cccc2F)c(S(=O)(=O)N2CCOCC2)c1. The van der Waals surface area contributed by atoms with Crippen LogP contribution in [0, 0.1) is 21.7 Å². The highest BCUT2D eigenvalue weighted by molar-refractivity contribution is 7.89. The molecule has 154 valence electrons. The summed E-state index contributed by atoms with van der Waals surface area (Å²) in [5, 5.41) is 14.8. The van der Waals surface area contributed by atoms with Crippen molar-refractivity contribution in [3.05, 3.63) is 63.7 Å². The number of halogens is 2. The summed E-state index contributed by atoms with van der Waals surface area (Å²) in [4.78, 5) is 9.99. The minimum Gasteiger partial charge on any atom is -0.379 e. The number of sulfonamides is 1. The maximum absolute atomic E-state index is 13.7. The molecular weight excluding hydrogens is 410 g/mol. The van der Waals surface area contributed by atoms with Gasteiger partial charge >= 0.3 is 0 Å². The molecule has 1 aliphatic rings. The maximum Gasteiger partial charge on any atom is 0.270 e. The van der Waals surface area contributed by atoms with E-state index in [1.54, 1.807) is 0 Å². The van der Waals surface area contributed by atoms with Crippen molar-refractivity contribution in [3.8, 4) is 0 Å². The topological polar surface area (TPSA) is 114 Å². The number of non-ortho nitro benzene ring substituents is 1. The third-order valence-electron chi connectivity index (χ3n) is 4.14. The van der Waals surface area contributed by atoms with Gasteiger partial charge in [0.25, 0.3) is 5.69 Å². The number of morpholine rings is 1. The number of hydrogen-bond donors (Lipinski definition) is 1. The first-order chi connectivity index (χ1) is 13.8. The summed E-state index contributed by atoms with van der Waals surface area (Å²) in [6, 6.07) is 6.46. The fourth-order valence-electron chi connectivity index (χ4n) is 2.66. The minimum atomic E-state index is -4.10. The van der Waals surface area contributed by atoms with Crippen LogP contribution in [-0.4, -0.2) is 50.2 Å². The molecular formula is C17H16F2N4O5S. The number of anilines is 1. The van der Waals surface area contributed by atoms with E-state index in [1.165, 1.54) is 12.1 Å². The lowest BCUT2D eigenvalue weighted by atomic mass is 10.2. The summed E-state index contributed by atoms with van der Waals surface area (Å²) in [5.41, 5.74) is 1.49. The molecule has 0 spiro atoms. The zero-order valence-corrected chi connectivity index (χ0v) is 15.7. The Labute approximate surface area is 164 Å².